The Labute approximate surface area is 97.5 Å². The molecule has 2 rings (SSSR count). The molecule has 88 valence electrons. The van der Waals surface area contributed by atoms with E-state index >= 15 is 0 Å². The Morgan fingerprint density at radius 2 is 2.25 bits per heavy atom. The maximum absolute atomic E-state index is 6.35. The van der Waals surface area contributed by atoms with Crippen LogP contribution in [0.4, 0.5) is 0 Å². The van der Waals surface area contributed by atoms with Crippen molar-refractivity contribution < 1.29 is 0 Å². The summed E-state index contributed by atoms with van der Waals surface area (Å²) in [7, 11) is 0. The molecule has 3 unspecified atom stereocenters. The molecule has 1 fully saturated rings. The van der Waals surface area contributed by atoms with Crippen molar-refractivity contribution in [1.29, 1.82) is 0 Å². The van der Waals surface area contributed by atoms with Crippen molar-refractivity contribution in [3.63, 3.8) is 0 Å². The van der Waals surface area contributed by atoms with Crippen molar-refractivity contribution in [3.8, 4) is 0 Å². The maximum Gasteiger partial charge on any atom is 0.115 e. The summed E-state index contributed by atoms with van der Waals surface area (Å²) >= 11 is 0. The van der Waals surface area contributed by atoms with E-state index in [9.17, 15) is 0 Å². The van der Waals surface area contributed by atoms with Gasteiger partial charge >= 0.3 is 0 Å². The molecule has 0 aromatic carbocycles. The third-order valence-corrected chi connectivity index (χ3v) is 3.90. The second kappa shape index (κ2) is 5.39. The molecule has 1 aliphatic carbocycles. The van der Waals surface area contributed by atoms with E-state index in [1.165, 1.54) is 32.1 Å². The molecule has 0 aliphatic heterocycles. The van der Waals surface area contributed by atoms with Crippen LogP contribution in [-0.2, 0) is 0 Å². The van der Waals surface area contributed by atoms with Gasteiger partial charge < -0.3 is 5.73 Å². The number of nitrogens with zero attached hydrogens (tertiary/aromatic N) is 2. The van der Waals surface area contributed by atoms with Gasteiger partial charge in [-0.2, -0.15) is 0 Å². The monoisotopic (exact) mass is 219 g/mol. The second-order valence-electron chi connectivity index (χ2n) is 4.78. The van der Waals surface area contributed by atoms with Crippen molar-refractivity contribution in [2.24, 2.45) is 17.6 Å². The average Bonchev–Trinajstić information content (AvgIpc) is 2.39. The van der Waals surface area contributed by atoms with Crippen LogP contribution < -0.4 is 5.73 Å². The van der Waals surface area contributed by atoms with Crippen LogP contribution in [0, 0.1) is 11.8 Å². The summed E-state index contributed by atoms with van der Waals surface area (Å²) in [4.78, 5) is 8.23. The van der Waals surface area contributed by atoms with Gasteiger partial charge in [0, 0.05) is 6.20 Å². The first-order valence-electron chi connectivity index (χ1n) is 6.34. The number of aromatic nitrogens is 2. The first kappa shape index (κ1) is 11.5. The molecule has 0 saturated heterocycles. The molecule has 3 atom stereocenters. The summed E-state index contributed by atoms with van der Waals surface area (Å²) in [5.41, 5.74) is 7.35. The molecule has 3 heteroatoms. The lowest BCUT2D eigenvalue weighted by Crippen LogP contribution is -2.31. The van der Waals surface area contributed by atoms with E-state index in [2.05, 4.69) is 16.9 Å². The van der Waals surface area contributed by atoms with Crippen LogP contribution in [0.2, 0.25) is 0 Å². The van der Waals surface area contributed by atoms with E-state index in [1.807, 2.05) is 6.07 Å². The molecular weight excluding hydrogens is 198 g/mol. The zero-order valence-corrected chi connectivity index (χ0v) is 9.97. The smallest absolute Gasteiger partial charge is 0.115 e. The van der Waals surface area contributed by atoms with E-state index in [0.29, 0.717) is 5.92 Å². The molecule has 0 amide bonds. The van der Waals surface area contributed by atoms with Crippen molar-refractivity contribution in [1.82, 2.24) is 9.97 Å². The van der Waals surface area contributed by atoms with Crippen molar-refractivity contribution in [2.45, 2.75) is 45.1 Å². The fourth-order valence-electron chi connectivity index (χ4n) is 2.93. The molecule has 1 heterocycles. The minimum atomic E-state index is 0.0910. The quantitative estimate of drug-likeness (QED) is 0.850. The highest BCUT2D eigenvalue weighted by molar-refractivity contribution is 5.06. The first-order valence-corrected chi connectivity index (χ1v) is 6.34. The topological polar surface area (TPSA) is 51.8 Å². The molecule has 0 radical (unpaired) electrons. The molecule has 1 aromatic heterocycles. The minimum absolute atomic E-state index is 0.0910. The molecule has 0 bridgehead atoms. The van der Waals surface area contributed by atoms with Crippen LogP contribution in [-0.4, -0.2) is 9.97 Å². The Kier molecular flexibility index (Phi) is 3.88. The zero-order valence-electron chi connectivity index (χ0n) is 9.97. The Morgan fingerprint density at radius 1 is 1.44 bits per heavy atom. The van der Waals surface area contributed by atoms with Crippen LogP contribution in [0.25, 0.3) is 0 Å². The van der Waals surface area contributed by atoms with Crippen molar-refractivity contribution in [2.75, 3.05) is 0 Å². The molecule has 1 aliphatic rings. The summed E-state index contributed by atoms with van der Waals surface area (Å²) in [6.45, 7) is 2.27. The predicted molar refractivity (Wildman–Crippen MR) is 64.7 cm³/mol. The van der Waals surface area contributed by atoms with E-state index in [4.69, 9.17) is 5.73 Å². The third-order valence-electron chi connectivity index (χ3n) is 3.90. The van der Waals surface area contributed by atoms with Gasteiger partial charge in [-0.3, -0.25) is 0 Å². The Bertz CT molecular complexity index is 312. The van der Waals surface area contributed by atoms with Gasteiger partial charge in [0.05, 0.1) is 11.7 Å². The van der Waals surface area contributed by atoms with Gasteiger partial charge in [0.15, 0.2) is 0 Å². The van der Waals surface area contributed by atoms with Gasteiger partial charge in [-0.15, -0.1) is 0 Å². The van der Waals surface area contributed by atoms with E-state index in [0.717, 1.165) is 11.6 Å². The molecule has 0 spiro atoms. The second-order valence-corrected chi connectivity index (χ2v) is 4.78. The van der Waals surface area contributed by atoms with Crippen LogP contribution in [0.5, 0.6) is 0 Å². The number of hydrogen-bond acceptors (Lipinski definition) is 3. The SMILES string of the molecule is CCC1CCCCC1C(N)c1ccncn1. The standard InChI is InChI=1S/C13H21N3/c1-2-10-5-3-4-6-11(10)13(14)12-7-8-15-9-16-12/h7-11,13H,2-6,14H2,1H3. The van der Waals surface area contributed by atoms with Gasteiger partial charge in [-0.05, 0) is 24.3 Å². The van der Waals surface area contributed by atoms with Crippen molar-refractivity contribution in [3.05, 3.63) is 24.3 Å². The molecule has 1 aromatic rings. The molecule has 2 N–H and O–H groups in total. The maximum atomic E-state index is 6.35. The van der Waals surface area contributed by atoms with E-state index < -0.39 is 0 Å². The summed E-state index contributed by atoms with van der Waals surface area (Å²) in [5.74, 6) is 1.38. The normalized spacial score (nSPS) is 27.6. The van der Waals surface area contributed by atoms with Gasteiger partial charge in [0.1, 0.15) is 6.33 Å². The number of nitrogens with two attached hydrogens (primary N) is 1. The number of rotatable bonds is 3. The number of hydrogen-bond donors (Lipinski definition) is 1. The van der Waals surface area contributed by atoms with Crippen LogP contribution in [0.3, 0.4) is 0 Å². The summed E-state index contributed by atoms with van der Waals surface area (Å²) in [6, 6.07) is 2.04. The molecule has 1 saturated carbocycles. The van der Waals surface area contributed by atoms with E-state index in [-0.39, 0.29) is 6.04 Å². The highest BCUT2D eigenvalue weighted by Gasteiger charge is 2.29. The summed E-state index contributed by atoms with van der Waals surface area (Å²) < 4.78 is 0. The van der Waals surface area contributed by atoms with Gasteiger partial charge in [0.2, 0.25) is 0 Å². The highest BCUT2D eigenvalue weighted by atomic mass is 14.9. The lowest BCUT2D eigenvalue weighted by Gasteiger charge is -2.34. The van der Waals surface area contributed by atoms with Crippen molar-refractivity contribution >= 4 is 0 Å². The first-order chi connectivity index (χ1) is 7.83. The molecular formula is C13H21N3. The predicted octanol–water partition coefficient (Wildman–Crippen LogP) is 2.69. The Hall–Kier alpha value is -0.960. The average molecular weight is 219 g/mol. The van der Waals surface area contributed by atoms with Crippen LogP contribution >= 0.6 is 0 Å². The largest absolute Gasteiger partial charge is 0.322 e. The Morgan fingerprint density at radius 3 is 2.94 bits per heavy atom. The lowest BCUT2D eigenvalue weighted by atomic mass is 9.73. The third kappa shape index (κ3) is 2.40. The molecule has 16 heavy (non-hydrogen) atoms. The fraction of sp³-hybridized carbons (Fsp3) is 0.692. The fourth-order valence-corrected chi connectivity index (χ4v) is 2.93. The van der Waals surface area contributed by atoms with Gasteiger partial charge in [-0.1, -0.05) is 32.6 Å². The lowest BCUT2D eigenvalue weighted by molar-refractivity contribution is 0.194. The van der Waals surface area contributed by atoms with E-state index in [1.54, 1.807) is 12.5 Å². The van der Waals surface area contributed by atoms with Crippen LogP contribution in [0.15, 0.2) is 18.6 Å². The Balaban J connectivity index is 2.10. The van der Waals surface area contributed by atoms with Gasteiger partial charge in [0.25, 0.3) is 0 Å². The summed E-state index contributed by atoms with van der Waals surface area (Å²) in [6.07, 6.45) is 9.89. The van der Waals surface area contributed by atoms with Crippen LogP contribution in [0.1, 0.15) is 50.8 Å². The minimum Gasteiger partial charge on any atom is -0.322 e. The molecule has 3 nitrogen and oxygen atoms in total. The zero-order chi connectivity index (χ0) is 11.4. The summed E-state index contributed by atoms with van der Waals surface area (Å²) in [5, 5.41) is 0. The highest BCUT2D eigenvalue weighted by Crippen LogP contribution is 2.38. The van der Waals surface area contributed by atoms with Gasteiger partial charge in [-0.25, -0.2) is 9.97 Å².